The monoisotopic (exact) mass is 260 g/mol. The van der Waals surface area contributed by atoms with E-state index in [2.05, 4.69) is 0 Å². The highest BCUT2D eigenvalue weighted by Gasteiger charge is 2.38. The summed E-state index contributed by atoms with van der Waals surface area (Å²) in [6, 6.07) is 1.94. The average molecular weight is 260 g/mol. The van der Waals surface area contributed by atoms with Crippen LogP contribution in [0, 0.1) is 19.3 Å². The first-order chi connectivity index (χ1) is 8.74. The minimum atomic E-state index is -0.782. The summed E-state index contributed by atoms with van der Waals surface area (Å²) in [5.41, 5.74) is 4.84. The Labute approximate surface area is 113 Å². The smallest absolute Gasteiger partial charge is 0.303 e. The number of carbonyl (C=O) groups excluding carboxylic acids is 1. The Morgan fingerprint density at radius 3 is 2.58 bits per heavy atom. The molecule has 0 saturated carbocycles. The highest BCUT2D eigenvalue weighted by Crippen LogP contribution is 2.39. The van der Waals surface area contributed by atoms with Gasteiger partial charge in [-0.2, -0.15) is 0 Å². The first-order valence-electron chi connectivity index (χ1n) is 6.62. The van der Waals surface area contributed by atoms with Crippen LogP contribution in [0.3, 0.4) is 0 Å². The van der Waals surface area contributed by atoms with E-state index in [0.29, 0.717) is 6.42 Å². The molecular weight excluding hydrogens is 240 g/mol. The van der Waals surface area contributed by atoms with Crippen molar-refractivity contribution in [1.82, 2.24) is 0 Å². The van der Waals surface area contributed by atoms with Gasteiger partial charge in [-0.3, -0.25) is 9.59 Å². The molecular formula is C16H20O3. The molecule has 0 amide bonds. The van der Waals surface area contributed by atoms with Gasteiger partial charge in [0.15, 0.2) is 5.78 Å². The first-order valence-corrected chi connectivity index (χ1v) is 6.62. The zero-order chi connectivity index (χ0) is 14.4. The van der Waals surface area contributed by atoms with Crippen LogP contribution in [0.15, 0.2) is 6.07 Å². The number of ketones is 1. The fraction of sp³-hybridized carbons (Fsp3) is 0.500. The molecule has 3 nitrogen and oxygen atoms in total. The van der Waals surface area contributed by atoms with Gasteiger partial charge in [0.25, 0.3) is 0 Å². The molecule has 2 rings (SSSR count). The van der Waals surface area contributed by atoms with Gasteiger partial charge in [-0.15, -0.1) is 0 Å². The van der Waals surface area contributed by atoms with Crippen molar-refractivity contribution in [1.29, 1.82) is 0 Å². The van der Waals surface area contributed by atoms with Crippen molar-refractivity contribution in [2.24, 2.45) is 5.41 Å². The number of hydrogen-bond donors (Lipinski definition) is 1. The quantitative estimate of drug-likeness (QED) is 0.908. The van der Waals surface area contributed by atoms with E-state index in [9.17, 15) is 9.59 Å². The van der Waals surface area contributed by atoms with E-state index in [1.165, 1.54) is 0 Å². The Bertz CT molecular complexity index is 568. The summed E-state index contributed by atoms with van der Waals surface area (Å²) in [5, 5.41) is 8.82. The third-order valence-electron chi connectivity index (χ3n) is 4.13. The average Bonchev–Trinajstić information content (AvgIpc) is 2.52. The van der Waals surface area contributed by atoms with Crippen molar-refractivity contribution in [3.05, 3.63) is 33.9 Å². The van der Waals surface area contributed by atoms with Gasteiger partial charge in [-0.1, -0.05) is 13.8 Å². The third-order valence-corrected chi connectivity index (χ3v) is 4.13. The molecule has 0 fully saturated rings. The maximum Gasteiger partial charge on any atom is 0.303 e. The zero-order valence-electron chi connectivity index (χ0n) is 12.0. The van der Waals surface area contributed by atoms with Crippen LogP contribution < -0.4 is 0 Å². The van der Waals surface area contributed by atoms with Gasteiger partial charge in [0.05, 0.1) is 0 Å². The molecule has 1 aromatic rings. The maximum absolute atomic E-state index is 12.3. The van der Waals surface area contributed by atoms with Gasteiger partial charge in [-0.05, 0) is 55.0 Å². The number of Topliss-reactive ketones (excluding diaryl/α,β-unsaturated/α-hetero) is 1. The SMILES string of the molecule is Cc1cc2c(c(C)c1CCC(=O)O)CC(C)(C)C2=O. The Morgan fingerprint density at radius 1 is 1.37 bits per heavy atom. The van der Waals surface area contributed by atoms with Crippen LogP contribution >= 0.6 is 0 Å². The molecule has 0 saturated heterocycles. The lowest BCUT2D eigenvalue weighted by Gasteiger charge is -2.14. The van der Waals surface area contributed by atoms with Crippen molar-refractivity contribution in [3.8, 4) is 0 Å². The maximum atomic E-state index is 12.3. The van der Waals surface area contributed by atoms with Crippen molar-refractivity contribution >= 4 is 11.8 Å². The summed E-state index contributed by atoms with van der Waals surface area (Å²) in [6.45, 7) is 7.92. The predicted octanol–water partition coefficient (Wildman–Crippen LogP) is 3.09. The molecule has 0 bridgehead atoms. The van der Waals surface area contributed by atoms with E-state index in [0.717, 1.165) is 34.2 Å². The van der Waals surface area contributed by atoms with Gasteiger partial charge in [0, 0.05) is 17.4 Å². The van der Waals surface area contributed by atoms with Gasteiger partial charge in [0.2, 0.25) is 0 Å². The van der Waals surface area contributed by atoms with E-state index >= 15 is 0 Å². The number of carboxylic acid groups (broad SMARTS) is 1. The van der Waals surface area contributed by atoms with Crippen LogP contribution in [-0.4, -0.2) is 16.9 Å². The number of fused-ring (bicyclic) bond motifs is 1. The predicted molar refractivity (Wildman–Crippen MR) is 73.7 cm³/mol. The number of carboxylic acids is 1. The Kier molecular flexibility index (Phi) is 3.25. The molecule has 102 valence electrons. The molecule has 0 unspecified atom stereocenters. The Balaban J connectivity index is 2.47. The molecule has 1 N–H and O–H groups in total. The summed E-state index contributed by atoms with van der Waals surface area (Å²) in [7, 11) is 0. The Morgan fingerprint density at radius 2 is 2.00 bits per heavy atom. The molecule has 0 aliphatic heterocycles. The van der Waals surface area contributed by atoms with Crippen LogP contribution in [0.5, 0.6) is 0 Å². The van der Waals surface area contributed by atoms with Crippen molar-refractivity contribution in [3.63, 3.8) is 0 Å². The Hall–Kier alpha value is -1.64. The van der Waals surface area contributed by atoms with Crippen molar-refractivity contribution in [2.75, 3.05) is 0 Å². The summed E-state index contributed by atoms with van der Waals surface area (Å²) in [6.07, 6.45) is 1.43. The number of aryl methyl sites for hydroxylation is 1. The van der Waals surface area contributed by atoms with E-state index in [-0.39, 0.29) is 17.6 Å². The summed E-state index contributed by atoms with van der Waals surface area (Å²) in [4.78, 5) is 23.0. The van der Waals surface area contributed by atoms with Crippen molar-refractivity contribution < 1.29 is 14.7 Å². The summed E-state index contributed by atoms with van der Waals surface area (Å²) >= 11 is 0. The third kappa shape index (κ3) is 2.29. The fourth-order valence-electron chi connectivity index (χ4n) is 3.00. The molecule has 1 aliphatic rings. The summed E-state index contributed by atoms with van der Waals surface area (Å²) < 4.78 is 0. The molecule has 0 radical (unpaired) electrons. The topological polar surface area (TPSA) is 54.4 Å². The normalized spacial score (nSPS) is 16.5. The van der Waals surface area contributed by atoms with E-state index in [1.54, 1.807) is 0 Å². The lowest BCUT2D eigenvalue weighted by atomic mass is 9.88. The molecule has 0 aromatic heterocycles. The van der Waals surface area contributed by atoms with Gasteiger partial charge < -0.3 is 5.11 Å². The van der Waals surface area contributed by atoms with E-state index < -0.39 is 5.97 Å². The molecule has 0 atom stereocenters. The van der Waals surface area contributed by atoms with Crippen LogP contribution in [0.4, 0.5) is 0 Å². The van der Waals surface area contributed by atoms with Crippen molar-refractivity contribution in [2.45, 2.75) is 47.0 Å². The number of benzene rings is 1. The van der Waals surface area contributed by atoms with Crippen LogP contribution in [0.2, 0.25) is 0 Å². The molecule has 1 aliphatic carbocycles. The first kappa shape index (κ1) is 13.8. The van der Waals surface area contributed by atoms with Gasteiger partial charge >= 0.3 is 5.97 Å². The minimum absolute atomic E-state index is 0.137. The van der Waals surface area contributed by atoms with Gasteiger partial charge in [0.1, 0.15) is 0 Å². The largest absolute Gasteiger partial charge is 0.481 e. The second-order valence-corrected chi connectivity index (χ2v) is 6.11. The molecule has 3 heteroatoms. The highest BCUT2D eigenvalue weighted by atomic mass is 16.4. The standard InChI is InChI=1S/C16H20O3/c1-9-7-12-13(8-16(3,4)15(12)19)10(2)11(9)5-6-14(17)18/h7H,5-6,8H2,1-4H3,(H,17,18). The van der Waals surface area contributed by atoms with E-state index in [4.69, 9.17) is 5.11 Å². The minimum Gasteiger partial charge on any atom is -0.481 e. The molecule has 0 heterocycles. The van der Waals surface area contributed by atoms with Crippen LogP contribution in [0.1, 0.15) is 52.9 Å². The second-order valence-electron chi connectivity index (χ2n) is 6.11. The van der Waals surface area contributed by atoms with Crippen LogP contribution in [-0.2, 0) is 17.6 Å². The molecule has 0 spiro atoms. The molecule has 19 heavy (non-hydrogen) atoms. The van der Waals surface area contributed by atoms with Gasteiger partial charge in [-0.25, -0.2) is 0 Å². The zero-order valence-corrected chi connectivity index (χ0v) is 12.0. The number of aliphatic carboxylic acids is 1. The number of hydrogen-bond acceptors (Lipinski definition) is 2. The van der Waals surface area contributed by atoms with E-state index in [1.807, 2.05) is 33.8 Å². The summed E-state index contributed by atoms with van der Waals surface area (Å²) in [5.74, 6) is -0.575. The fourth-order valence-corrected chi connectivity index (χ4v) is 3.00. The molecule has 1 aromatic carbocycles. The number of carbonyl (C=O) groups is 2. The lowest BCUT2D eigenvalue weighted by Crippen LogP contribution is -2.18. The second kappa shape index (κ2) is 4.48. The lowest BCUT2D eigenvalue weighted by molar-refractivity contribution is -0.136. The highest BCUT2D eigenvalue weighted by molar-refractivity contribution is 6.05. The van der Waals surface area contributed by atoms with Crippen LogP contribution in [0.25, 0.3) is 0 Å². The number of rotatable bonds is 3.